The smallest absolute Gasteiger partial charge is 0.166 e. The average molecular weight is 324 g/mol. The monoisotopic (exact) mass is 324 g/mol. The van der Waals surface area contributed by atoms with E-state index in [1.165, 1.54) is 5.56 Å². The van der Waals surface area contributed by atoms with Gasteiger partial charge in [0.2, 0.25) is 0 Å². The lowest BCUT2D eigenvalue weighted by Crippen LogP contribution is -2.40. The van der Waals surface area contributed by atoms with Gasteiger partial charge in [-0.2, -0.15) is 0 Å². The van der Waals surface area contributed by atoms with Gasteiger partial charge < -0.3 is 24.8 Å². The van der Waals surface area contributed by atoms with Crippen molar-refractivity contribution in [1.82, 2.24) is 10.6 Å². The van der Waals surface area contributed by atoms with E-state index in [1.807, 2.05) is 18.2 Å². The molecule has 2 rings (SSSR count). The number of ether oxygens (including phenoxy) is 3. The van der Waals surface area contributed by atoms with Crippen molar-refractivity contribution in [3.63, 3.8) is 0 Å². The zero-order valence-corrected chi connectivity index (χ0v) is 14.0. The fourth-order valence-corrected chi connectivity index (χ4v) is 2.62. The highest BCUT2D eigenvalue weighted by atomic mass is 32.1. The van der Waals surface area contributed by atoms with Crippen molar-refractivity contribution >= 4 is 17.3 Å². The SMILES string of the molecule is COc1ccc(CCNC(=S)NCC2CCCO2)cc1OC. The molecular formula is C16H24N2O3S. The minimum Gasteiger partial charge on any atom is -0.493 e. The van der Waals surface area contributed by atoms with Crippen molar-refractivity contribution in [3.05, 3.63) is 23.8 Å². The van der Waals surface area contributed by atoms with E-state index in [0.717, 1.165) is 50.5 Å². The number of methoxy groups -OCH3 is 2. The molecule has 0 aromatic heterocycles. The molecule has 0 spiro atoms. The second-order valence-electron chi connectivity index (χ2n) is 5.21. The minimum atomic E-state index is 0.297. The molecule has 2 N–H and O–H groups in total. The van der Waals surface area contributed by atoms with E-state index in [0.29, 0.717) is 11.2 Å². The highest BCUT2D eigenvalue weighted by molar-refractivity contribution is 7.80. The first-order valence-corrected chi connectivity index (χ1v) is 7.98. The van der Waals surface area contributed by atoms with E-state index in [2.05, 4.69) is 10.6 Å². The molecule has 0 saturated carbocycles. The van der Waals surface area contributed by atoms with Gasteiger partial charge in [0.05, 0.1) is 20.3 Å². The van der Waals surface area contributed by atoms with Crippen LogP contribution in [0.5, 0.6) is 11.5 Å². The lowest BCUT2D eigenvalue weighted by molar-refractivity contribution is 0.114. The molecule has 1 unspecified atom stereocenters. The standard InChI is InChI=1S/C16H24N2O3S/c1-19-14-6-5-12(10-15(14)20-2)7-8-17-16(22)18-11-13-4-3-9-21-13/h5-6,10,13H,3-4,7-9,11H2,1-2H3,(H2,17,18,22). The van der Waals surface area contributed by atoms with Gasteiger partial charge in [0.25, 0.3) is 0 Å². The van der Waals surface area contributed by atoms with Crippen molar-refractivity contribution in [2.45, 2.75) is 25.4 Å². The highest BCUT2D eigenvalue weighted by Gasteiger charge is 2.15. The van der Waals surface area contributed by atoms with Crippen molar-refractivity contribution in [3.8, 4) is 11.5 Å². The summed E-state index contributed by atoms with van der Waals surface area (Å²) in [6.45, 7) is 2.42. The normalized spacial score (nSPS) is 17.1. The molecule has 1 aliphatic rings. The lowest BCUT2D eigenvalue weighted by Gasteiger charge is -2.14. The Labute approximate surface area is 137 Å². The molecule has 1 saturated heterocycles. The molecule has 0 radical (unpaired) electrons. The molecule has 6 heteroatoms. The Hall–Kier alpha value is -1.53. The first-order valence-electron chi connectivity index (χ1n) is 7.57. The van der Waals surface area contributed by atoms with E-state index in [9.17, 15) is 0 Å². The molecule has 1 aromatic rings. The number of hydrogen-bond donors (Lipinski definition) is 2. The maximum atomic E-state index is 5.55. The Kier molecular flexibility index (Phi) is 6.74. The lowest BCUT2D eigenvalue weighted by atomic mass is 10.1. The van der Waals surface area contributed by atoms with Gasteiger partial charge >= 0.3 is 0 Å². The Balaban J connectivity index is 1.70. The van der Waals surface area contributed by atoms with Crippen LogP contribution in [-0.2, 0) is 11.2 Å². The van der Waals surface area contributed by atoms with E-state index in [-0.39, 0.29) is 0 Å². The Bertz CT molecular complexity index is 490. The van der Waals surface area contributed by atoms with E-state index in [4.69, 9.17) is 26.4 Å². The summed E-state index contributed by atoms with van der Waals surface area (Å²) in [6.07, 6.45) is 3.42. The zero-order valence-electron chi connectivity index (χ0n) is 13.2. The van der Waals surface area contributed by atoms with Crippen LogP contribution in [0.15, 0.2) is 18.2 Å². The van der Waals surface area contributed by atoms with Crippen LogP contribution < -0.4 is 20.1 Å². The third-order valence-corrected chi connectivity index (χ3v) is 3.95. The van der Waals surface area contributed by atoms with Crippen LogP contribution in [0.4, 0.5) is 0 Å². The van der Waals surface area contributed by atoms with Crippen molar-refractivity contribution < 1.29 is 14.2 Å². The summed E-state index contributed by atoms with van der Waals surface area (Å²) in [5, 5.41) is 7.09. The molecule has 122 valence electrons. The van der Waals surface area contributed by atoms with E-state index in [1.54, 1.807) is 14.2 Å². The van der Waals surface area contributed by atoms with Gasteiger partial charge in [0, 0.05) is 19.7 Å². The van der Waals surface area contributed by atoms with Crippen molar-refractivity contribution in [1.29, 1.82) is 0 Å². The van der Waals surface area contributed by atoms with Gasteiger partial charge in [-0.15, -0.1) is 0 Å². The molecule has 1 aliphatic heterocycles. The fraction of sp³-hybridized carbons (Fsp3) is 0.562. The summed E-state index contributed by atoms with van der Waals surface area (Å²) in [7, 11) is 3.28. The summed E-state index contributed by atoms with van der Waals surface area (Å²) >= 11 is 5.27. The molecular weight excluding hydrogens is 300 g/mol. The van der Waals surface area contributed by atoms with E-state index < -0.39 is 0 Å². The van der Waals surface area contributed by atoms with Gasteiger partial charge in [-0.05, 0) is 49.2 Å². The topological polar surface area (TPSA) is 51.8 Å². The highest BCUT2D eigenvalue weighted by Crippen LogP contribution is 2.27. The van der Waals surface area contributed by atoms with Crippen LogP contribution in [0.3, 0.4) is 0 Å². The second kappa shape index (κ2) is 8.80. The second-order valence-corrected chi connectivity index (χ2v) is 5.62. The molecule has 1 aromatic carbocycles. The van der Waals surface area contributed by atoms with Crippen LogP contribution in [-0.4, -0.2) is 45.1 Å². The predicted molar refractivity (Wildman–Crippen MR) is 90.8 cm³/mol. The number of thiocarbonyl (C=S) groups is 1. The first-order chi connectivity index (χ1) is 10.7. The molecule has 0 amide bonds. The minimum absolute atomic E-state index is 0.297. The predicted octanol–water partition coefficient (Wildman–Crippen LogP) is 1.89. The zero-order chi connectivity index (χ0) is 15.8. The van der Waals surface area contributed by atoms with Gasteiger partial charge in [-0.1, -0.05) is 6.07 Å². The Morgan fingerprint density at radius 3 is 2.77 bits per heavy atom. The van der Waals surface area contributed by atoms with E-state index >= 15 is 0 Å². The van der Waals surface area contributed by atoms with Crippen LogP contribution in [0.25, 0.3) is 0 Å². The molecule has 1 heterocycles. The first kappa shape index (κ1) is 16.8. The summed E-state index contributed by atoms with van der Waals surface area (Å²) in [4.78, 5) is 0. The van der Waals surface area contributed by atoms with Crippen LogP contribution in [0.2, 0.25) is 0 Å². The summed E-state index contributed by atoms with van der Waals surface area (Å²) in [5.41, 5.74) is 1.17. The molecule has 1 atom stereocenters. The molecule has 1 fully saturated rings. The molecule has 0 bridgehead atoms. The average Bonchev–Trinajstić information content (AvgIpc) is 3.06. The maximum absolute atomic E-state index is 5.55. The van der Waals surface area contributed by atoms with Gasteiger partial charge in [-0.25, -0.2) is 0 Å². The Morgan fingerprint density at radius 2 is 2.09 bits per heavy atom. The fourth-order valence-electron chi connectivity index (χ4n) is 2.43. The van der Waals surface area contributed by atoms with Crippen molar-refractivity contribution in [2.24, 2.45) is 0 Å². The summed E-state index contributed by atoms with van der Waals surface area (Å²) < 4.78 is 16.1. The maximum Gasteiger partial charge on any atom is 0.166 e. The van der Waals surface area contributed by atoms with Crippen molar-refractivity contribution in [2.75, 3.05) is 33.9 Å². The van der Waals surface area contributed by atoms with Gasteiger partial charge in [0.1, 0.15) is 0 Å². The molecule has 0 aliphatic carbocycles. The Morgan fingerprint density at radius 1 is 1.27 bits per heavy atom. The van der Waals surface area contributed by atoms with Gasteiger partial charge in [-0.3, -0.25) is 0 Å². The van der Waals surface area contributed by atoms with Gasteiger partial charge in [0.15, 0.2) is 16.6 Å². The molecule has 5 nitrogen and oxygen atoms in total. The third-order valence-electron chi connectivity index (χ3n) is 3.66. The van der Waals surface area contributed by atoms with Crippen LogP contribution >= 0.6 is 12.2 Å². The number of hydrogen-bond acceptors (Lipinski definition) is 4. The number of nitrogens with one attached hydrogen (secondary N) is 2. The van der Waals surface area contributed by atoms with Crippen LogP contribution in [0.1, 0.15) is 18.4 Å². The quantitative estimate of drug-likeness (QED) is 0.747. The third kappa shape index (κ3) is 5.03. The van der Waals surface area contributed by atoms with Crippen LogP contribution in [0, 0.1) is 0 Å². The number of rotatable bonds is 7. The summed E-state index contributed by atoms with van der Waals surface area (Å²) in [5.74, 6) is 1.49. The number of benzene rings is 1. The molecule has 22 heavy (non-hydrogen) atoms. The summed E-state index contributed by atoms with van der Waals surface area (Å²) in [6, 6.07) is 5.94. The largest absolute Gasteiger partial charge is 0.493 e.